The zero-order chi connectivity index (χ0) is 28.1. The van der Waals surface area contributed by atoms with Gasteiger partial charge in [0, 0.05) is 33.6 Å². The van der Waals surface area contributed by atoms with Crippen LogP contribution in [0.15, 0.2) is 66.7 Å². The molecule has 1 saturated carbocycles. The van der Waals surface area contributed by atoms with E-state index in [9.17, 15) is 4.79 Å². The monoisotopic (exact) mass is 559 g/mol. The number of fused-ring (bicyclic) bond motifs is 6. The van der Waals surface area contributed by atoms with Crippen molar-refractivity contribution in [3.63, 3.8) is 0 Å². The lowest BCUT2D eigenvalue weighted by molar-refractivity contribution is 0.112. The van der Waals surface area contributed by atoms with Crippen molar-refractivity contribution in [3.8, 4) is 21.6 Å². The Bertz CT molecular complexity index is 1600. The molecule has 7 rings (SSSR count). The summed E-state index contributed by atoms with van der Waals surface area (Å²) >= 11 is 1.62. The van der Waals surface area contributed by atoms with E-state index in [1.807, 2.05) is 6.92 Å². The molecule has 1 aromatic heterocycles. The van der Waals surface area contributed by atoms with Crippen molar-refractivity contribution in [2.24, 2.45) is 0 Å². The van der Waals surface area contributed by atoms with Gasteiger partial charge in [-0.3, -0.25) is 4.79 Å². The molecule has 0 amide bonds. The normalized spacial score (nSPS) is 19.6. The van der Waals surface area contributed by atoms with Crippen LogP contribution >= 0.6 is 11.3 Å². The molecule has 0 radical (unpaired) electrons. The van der Waals surface area contributed by atoms with E-state index in [4.69, 9.17) is 0 Å². The van der Waals surface area contributed by atoms with Gasteiger partial charge in [0.05, 0.1) is 4.88 Å². The number of carbonyl (C=O) groups is 1. The molecule has 2 atom stereocenters. The number of rotatable bonds is 9. The van der Waals surface area contributed by atoms with Gasteiger partial charge in [0.25, 0.3) is 0 Å². The number of hydrogen-bond acceptors (Lipinski definition) is 3. The van der Waals surface area contributed by atoms with Crippen LogP contribution in [-0.2, 0) is 5.41 Å². The van der Waals surface area contributed by atoms with E-state index in [2.05, 4.69) is 85.5 Å². The van der Waals surface area contributed by atoms with Crippen LogP contribution in [0.1, 0.15) is 109 Å². The first kappa shape index (κ1) is 26.7. The third kappa shape index (κ3) is 4.14. The first-order valence-corrected chi connectivity index (χ1v) is 16.6. The van der Waals surface area contributed by atoms with E-state index in [1.54, 1.807) is 22.5 Å². The highest BCUT2D eigenvalue weighted by Gasteiger charge is 2.45. The number of benzene rings is 3. The highest BCUT2D eigenvalue weighted by molar-refractivity contribution is 7.17. The molecule has 3 aromatic carbocycles. The van der Waals surface area contributed by atoms with Crippen molar-refractivity contribution in [2.45, 2.75) is 95.9 Å². The third-order valence-corrected chi connectivity index (χ3v) is 11.5. The summed E-state index contributed by atoms with van der Waals surface area (Å²) in [6, 6.07) is 26.5. The van der Waals surface area contributed by atoms with Crippen LogP contribution < -0.4 is 4.90 Å². The second-order valence-electron chi connectivity index (χ2n) is 12.6. The Labute approximate surface area is 249 Å². The SMILES string of the molecule is CCCCC1(CCCC)c2ccccc2-c2cc(N3c4ccc(-c5cc(C)c(C=O)s5)cc4C4CCCC43)ccc21. The molecule has 0 spiro atoms. The van der Waals surface area contributed by atoms with E-state index in [0.29, 0.717) is 12.0 Å². The maximum absolute atomic E-state index is 11.5. The Hall–Kier alpha value is -3.17. The van der Waals surface area contributed by atoms with E-state index in [1.165, 1.54) is 96.3 Å². The first-order valence-electron chi connectivity index (χ1n) is 15.8. The third-order valence-electron chi connectivity index (χ3n) is 10.3. The van der Waals surface area contributed by atoms with E-state index in [-0.39, 0.29) is 5.41 Å². The second kappa shape index (κ2) is 10.6. The van der Waals surface area contributed by atoms with Crippen molar-refractivity contribution in [1.82, 2.24) is 0 Å². The van der Waals surface area contributed by atoms with Crippen LogP contribution in [-0.4, -0.2) is 12.3 Å². The number of hydrogen-bond donors (Lipinski definition) is 0. The van der Waals surface area contributed by atoms with Gasteiger partial charge in [-0.05, 0) is 102 Å². The lowest BCUT2D eigenvalue weighted by atomic mass is 9.71. The van der Waals surface area contributed by atoms with E-state index >= 15 is 0 Å². The standard InChI is InChI=1S/C38H41NOS/c1-4-6-19-38(20-7-5-2)32-13-9-8-11-28(32)30-23-27(16-17-33(30)38)39-34-14-10-12-29(34)31-22-26(15-18-35(31)39)36-21-25(3)37(24-40)41-36/h8-9,11,13,15-18,21-24,29,34H,4-7,10,12,14,19-20H2,1-3H3. The highest BCUT2D eigenvalue weighted by atomic mass is 32.1. The predicted octanol–water partition coefficient (Wildman–Crippen LogP) is 11.0. The van der Waals surface area contributed by atoms with Crippen LogP contribution in [0, 0.1) is 6.92 Å². The van der Waals surface area contributed by atoms with Gasteiger partial charge in [-0.1, -0.05) is 82.3 Å². The van der Waals surface area contributed by atoms with Crippen molar-refractivity contribution >= 4 is 29.0 Å². The first-order chi connectivity index (χ1) is 20.1. The average Bonchev–Trinajstić information content (AvgIpc) is 3.76. The minimum atomic E-state index is 0.142. The fraction of sp³-hybridized carbons (Fsp3) is 0.395. The van der Waals surface area contributed by atoms with E-state index in [0.717, 1.165) is 16.7 Å². The fourth-order valence-corrected chi connectivity index (χ4v) is 9.31. The molecule has 41 heavy (non-hydrogen) atoms. The van der Waals surface area contributed by atoms with Crippen LogP contribution in [0.3, 0.4) is 0 Å². The molecule has 3 heteroatoms. The Morgan fingerprint density at radius 3 is 2.44 bits per heavy atom. The molecule has 1 aliphatic heterocycles. The van der Waals surface area contributed by atoms with E-state index < -0.39 is 0 Å². The summed E-state index contributed by atoms with van der Waals surface area (Å²) < 4.78 is 0. The molecule has 1 fully saturated rings. The Balaban J connectivity index is 1.33. The molecular weight excluding hydrogens is 518 g/mol. The maximum atomic E-state index is 11.5. The number of anilines is 2. The minimum Gasteiger partial charge on any atom is -0.337 e. The van der Waals surface area contributed by atoms with Crippen LogP contribution in [0.4, 0.5) is 11.4 Å². The summed E-state index contributed by atoms with van der Waals surface area (Å²) in [7, 11) is 0. The maximum Gasteiger partial charge on any atom is 0.160 e. The number of carbonyl (C=O) groups excluding carboxylic acids is 1. The Kier molecular flexibility index (Phi) is 6.90. The summed E-state index contributed by atoms with van der Waals surface area (Å²) in [5.74, 6) is 0.574. The number of nitrogens with zero attached hydrogens (tertiary/aromatic N) is 1. The largest absolute Gasteiger partial charge is 0.337 e. The molecule has 4 aromatic rings. The summed E-state index contributed by atoms with van der Waals surface area (Å²) in [6.07, 6.45) is 12.3. The molecule has 2 aliphatic carbocycles. The van der Waals surface area contributed by atoms with Gasteiger partial charge in [0.2, 0.25) is 0 Å². The Morgan fingerprint density at radius 1 is 0.902 bits per heavy atom. The summed E-state index contributed by atoms with van der Waals surface area (Å²) in [6.45, 7) is 6.69. The van der Waals surface area contributed by atoms with Gasteiger partial charge in [0.15, 0.2) is 6.29 Å². The highest BCUT2D eigenvalue weighted by Crippen LogP contribution is 2.57. The average molecular weight is 560 g/mol. The predicted molar refractivity (Wildman–Crippen MR) is 174 cm³/mol. The van der Waals surface area contributed by atoms with Crippen LogP contribution in [0.25, 0.3) is 21.6 Å². The van der Waals surface area contributed by atoms with Crippen molar-refractivity contribution in [3.05, 3.63) is 93.9 Å². The minimum absolute atomic E-state index is 0.142. The van der Waals surface area contributed by atoms with Crippen molar-refractivity contribution in [1.29, 1.82) is 0 Å². The Morgan fingerprint density at radius 2 is 1.68 bits per heavy atom. The second-order valence-corrected chi connectivity index (χ2v) is 13.7. The fourth-order valence-electron chi connectivity index (χ4n) is 8.32. The van der Waals surface area contributed by atoms with Crippen molar-refractivity contribution in [2.75, 3.05) is 4.90 Å². The number of aryl methyl sites for hydroxylation is 1. The topological polar surface area (TPSA) is 20.3 Å². The molecule has 0 bridgehead atoms. The van der Waals surface area contributed by atoms with Gasteiger partial charge in [-0.15, -0.1) is 11.3 Å². The molecule has 2 nitrogen and oxygen atoms in total. The molecule has 0 N–H and O–H groups in total. The molecule has 2 heterocycles. The smallest absolute Gasteiger partial charge is 0.160 e. The number of thiophene rings is 1. The zero-order valence-corrected chi connectivity index (χ0v) is 25.5. The van der Waals surface area contributed by atoms with Gasteiger partial charge in [0.1, 0.15) is 0 Å². The van der Waals surface area contributed by atoms with Gasteiger partial charge in [-0.25, -0.2) is 0 Å². The van der Waals surface area contributed by atoms with Gasteiger partial charge >= 0.3 is 0 Å². The molecule has 210 valence electrons. The number of unbranched alkanes of at least 4 members (excludes halogenated alkanes) is 2. The summed E-state index contributed by atoms with van der Waals surface area (Å²) in [5.41, 5.74) is 12.7. The molecule has 0 saturated heterocycles. The zero-order valence-electron chi connectivity index (χ0n) is 24.7. The van der Waals surface area contributed by atoms with Crippen molar-refractivity contribution < 1.29 is 4.79 Å². The van der Waals surface area contributed by atoms with Crippen LogP contribution in [0.5, 0.6) is 0 Å². The molecular formula is C38H41NOS. The van der Waals surface area contributed by atoms with Gasteiger partial charge < -0.3 is 4.90 Å². The quantitative estimate of drug-likeness (QED) is 0.190. The summed E-state index contributed by atoms with van der Waals surface area (Å²) in [5, 5.41) is 0. The lowest BCUT2D eigenvalue weighted by Crippen LogP contribution is -2.27. The summed E-state index contributed by atoms with van der Waals surface area (Å²) in [4.78, 5) is 16.2. The molecule has 3 aliphatic rings. The number of aldehydes is 1. The molecule has 2 unspecified atom stereocenters. The van der Waals surface area contributed by atoms with Crippen LogP contribution in [0.2, 0.25) is 0 Å². The lowest BCUT2D eigenvalue weighted by Gasteiger charge is -2.33. The van der Waals surface area contributed by atoms with Gasteiger partial charge in [-0.2, -0.15) is 0 Å².